The van der Waals surface area contributed by atoms with Crippen molar-refractivity contribution in [2.24, 2.45) is 0 Å². The molecule has 2 bridgehead atoms. The summed E-state index contributed by atoms with van der Waals surface area (Å²) in [6.45, 7) is 0.488. The molecule has 2 heterocycles. The van der Waals surface area contributed by atoms with E-state index in [2.05, 4.69) is 5.32 Å². The Morgan fingerprint density at radius 2 is 2.00 bits per heavy atom. The van der Waals surface area contributed by atoms with Gasteiger partial charge in [-0.3, -0.25) is 0 Å². The van der Waals surface area contributed by atoms with Crippen LogP contribution in [-0.2, 0) is 4.74 Å². The monoisotopic (exact) mass is 185 g/mol. The van der Waals surface area contributed by atoms with Crippen LogP contribution < -0.4 is 5.32 Å². The fourth-order valence-electron chi connectivity index (χ4n) is 2.82. The van der Waals surface area contributed by atoms with Gasteiger partial charge in [0.2, 0.25) is 0 Å². The van der Waals surface area contributed by atoms with E-state index in [9.17, 15) is 5.11 Å². The SMILES string of the molecule is COCC1(O)CC2CCCC(C1)N2. The Labute approximate surface area is 79.5 Å². The largest absolute Gasteiger partial charge is 0.387 e. The second-order valence-corrected chi connectivity index (χ2v) is 4.56. The summed E-state index contributed by atoms with van der Waals surface area (Å²) in [5, 5.41) is 13.8. The molecule has 2 rings (SSSR count). The Hall–Kier alpha value is -0.120. The standard InChI is InChI=1S/C10H19NO2/c1-13-7-10(12)5-8-3-2-4-9(6-10)11-8/h8-9,11-12H,2-7H2,1H3. The minimum absolute atomic E-state index is 0.488. The lowest BCUT2D eigenvalue weighted by Crippen LogP contribution is -2.57. The van der Waals surface area contributed by atoms with Crippen LogP contribution in [0.4, 0.5) is 0 Å². The van der Waals surface area contributed by atoms with Gasteiger partial charge < -0.3 is 15.2 Å². The molecule has 13 heavy (non-hydrogen) atoms. The number of hydrogen-bond acceptors (Lipinski definition) is 3. The van der Waals surface area contributed by atoms with E-state index in [4.69, 9.17) is 4.74 Å². The van der Waals surface area contributed by atoms with Crippen LogP contribution in [0.3, 0.4) is 0 Å². The van der Waals surface area contributed by atoms with Crippen molar-refractivity contribution in [2.75, 3.05) is 13.7 Å². The van der Waals surface area contributed by atoms with Crippen LogP contribution in [0.15, 0.2) is 0 Å². The molecule has 2 atom stereocenters. The Kier molecular flexibility index (Phi) is 2.58. The molecule has 0 aromatic rings. The number of aliphatic hydroxyl groups is 1. The minimum Gasteiger partial charge on any atom is -0.387 e. The van der Waals surface area contributed by atoms with Crippen LogP contribution in [-0.4, -0.2) is 36.5 Å². The molecule has 2 N–H and O–H groups in total. The number of ether oxygens (including phenoxy) is 1. The van der Waals surface area contributed by atoms with Gasteiger partial charge in [0.1, 0.15) is 0 Å². The molecular weight excluding hydrogens is 166 g/mol. The summed E-state index contributed by atoms with van der Waals surface area (Å²) in [6, 6.07) is 1.04. The third kappa shape index (κ3) is 2.03. The highest BCUT2D eigenvalue weighted by molar-refractivity contribution is 4.97. The Balaban J connectivity index is 2.00. The van der Waals surface area contributed by atoms with E-state index in [0.717, 1.165) is 12.8 Å². The average molecular weight is 185 g/mol. The van der Waals surface area contributed by atoms with Crippen molar-refractivity contribution >= 4 is 0 Å². The predicted molar refractivity (Wildman–Crippen MR) is 50.6 cm³/mol. The fourth-order valence-corrected chi connectivity index (χ4v) is 2.82. The van der Waals surface area contributed by atoms with Crippen molar-refractivity contribution < 1.29 is 9.84 Å². The summed E-state index contributed by atoms with van der Waals surface area (Å²) >= 11 is 0. The van der Waals surface area contributed by atoms with Gasteiger partial charge in [-0.1, -0.05) is 6.42 Å². The number of rotatable bonds is 2. The van der Waals surface area contributed by atoms with Crippen LogP contribution in [0.2, 0.25) is 0 Å². The molecular formula is C10H19NO2. The zero-order valence-corrected chi connectivity index (χ0v) is 8.25. The molecule has 76 valence electrons. The highest BCUT2D eigenvalue weighted by Gasteiger charge is 2.40. The quantitative estimate of drug-likeness (QED) is 0.664. The van der Waals surface area contributed by atoms with Crippen LogP contribution in [0.5, 0.6) is 0 Å². The van der Waals surface area contributed by atoms with Gasteiger partial charge in [-0.2, -0.15) is 0 Å². The molecule has 2 aliphatic heterocycles. The molecule has 0 radical (unpaired) electrons. The lowest BCUT2D eigenvalue weighted by Gasteiger charge is -2.44. The molecule has 0 amide bonds. The van der Waals surface area contributed by atoms with Gasteiger partial charge in [-0.25, -0.2) is 0 Å². The topological polar surface area (TPSA) is 41.5 Å². The van der Waals surface area contributed by atoms with Crippen molar-refractivity contribution in [3.05, 3.63) is 0 Å². The zero-order chi connectivity index (χ0) is 9.31. The molecule has 2 saturated heterocycles. The first-order valence-corrected chi connectivity index (χ1v) is 5.19. The molecule has 0 aromatic heterocycles. The normalized spacial score (nSPS) is 44.8. The van der Waals surface area contributed by atoms with E-state index >= 15 is 0 Å². The lowest BCUT2D eigenvalue weighted by atomic mass is 9.78. The molecule has 0 saturated carbocycles. The highest BCUT2D eigenvalue weighted by Crippen LogP contribution is 2.32. The van der Waals surface area contributed by atoms with Gasteiger partial charge >= 0.3 is 0 Å². The van der Waals surface area contributed by atoms with Crippen LogP contribution in [0.25, 0.3) is 0 Å². The summed E-state index contributed by atoms with van der Waals surface area (Å²) in [6.07, 6.45) is 5.45. The second-order valence-electron chi connectivity index (χ2n) is 4.56. The van der Waals surface area contributed by atoms with Crippen molar-refractivity contribution in [3.63, 3.8) is 0 Å². The number of nitrogens with one attached hydrogen (secondary N) is 1. The van der Waals surface area contributed by atoms with Gasteiger partial charge in [-0.15, -0.1) is 0 Å². The minimum atomic E-state index is -0.560. The molecule has 0 spiro atoms. The molecule has 3 nitrogen and oxygen atoms in total. The first-order valence-electron chi connectivity index (χ1n) is 5.19. The van der Waals surface area contributed by atoms with E-state index in [0.29, 0.717) is 18.7 Å². The Morgan fingerprint density at radius 1 is 1.38 bits per heavy atom. The van der Waals surface area contributed by atoms with Gasteiger partial charge in [0.15, 0.2) is 0 Å². The van der Waals surface area contributed by atoms with Crippen molar-refractivity contribution in [3.8, 4) is 0 Å². The van der Waals surface area contributed by atoms with Crippen molar-refractivity contribution in [1.29, 1.82) is 0 Å². The maximum Gasteiger partial charge on any atom is 0.0909 e. The predicted octanol–water partition coefficient (Wildman–Crippen LogP) is 0.668. The maximum atomic E-state index is 10.2. The zero-order valence-electron chi connectivity index (χ0n) is 8.25. The molecule has 2 fully saturated rings. The van der Waals surface area contributed by atoms with E-state index in [1.54, 1.807) is 7.11 Å². The number of hydrogen-bond donors (Lipinski definition) is 2. The first kappa shape index (κ1) is 9.44. The number of fused-ring (bicyclic) bond motifs is 2. The van der Waals surface area contributed by atoms with E-state index < -0.39 is 5.60 Å². The highest BCUT2D eigenvalue weighted by atomic mass is 16.5. The van der Waals surface area contributed by atoms with E-state index in [1.807, 2.05) is 0 Å². The van der Waals surface area contributed by atoms with Crippen LogP contribution in [0, 0.1) is 0 Å². The summed E-state index contributed by atoms with van der Waals surface area (Å²) < 4.78 is 5.07. The number of methoxy groups -OCH3 is 1. The molecule has 3 heteroatoms. The average Bonchev–Trinajstić information content (AvgIpc) is 2.02. The van der Waals surface area contributed by atoms with E-state index in [1.165, 1.54) is 19.3 Å². The number of piperidine rings is 2. The van der Waals surface area contributed by atoms with Gasteiger partial charge in [0, 0.05) is 19.2 Å². The fraction of sp³-hybridized carbons (Fsp3) is 1.00. The van der Waals surface area contributed by atoms with Gasteiger partial charge in [0.25, 0.3) is 0 Å². The molecule has 0 aliphatic carbocycles. The Morgan fingerprint density at radius 3 is 2.54 bits per heavy atom. The summed E-state index contributed by atoms with van der Waals surface area (Å²) in [5.74, 6) is 0. The van der Waals surface area contributed by atoms with E-state index in [-0.39, 0.29) is 0 Å². The van der Waals surface area contributed by atoms with Crippen LogP contribution in [0.1, 0.15) is 32.1 Å². The van der Waals surface area contributed by atoms with Crippen molar-refractivity contribution in [2.45, 2.75) is 49.8 Å². The second kappa shape index (κ2) is 3.56. The third-order valence-electron chi connectivity index (χ3n) is 3.24. The van der Waals surface area contributed by atoms with Gasteiger partial charge in [0.05, 0.1) is 12.2 Å². The summed E-state index contributed by atoms with van der Waals surface area (Å²) in [5.41, 5.74) is -0.560. The third-order valence-corrected chi connectivity index (χ3v) is 3.24. The Bertz CT molecular complexity index is 172. The van der Waals surface area contributed by atoms with Gasteiger partial charge in [-0.05, 0) is 25.7 Å². The smallest absolute Gasteiger partial charge is 0.0909 e. The summed E-state index contributed by atoms with van der Waals surface area (Å²) in [7, 11) is 1.66. The van der Waals surface area contributed by atoms with Crippen molar-refractivity contribution in [1.82, 2.24) is 5.32 Å². The molecule has 2 unspecified atom stereocenters. The maximum absolute atomic E-state index is 10.2. The molecule has 0 aromatic carbocycles. The summed E-state index contributed by atoms with van der Waals surface area (Å²) in [4.78, 5) is 0. The molecule has 2 aliphatic rings. The first-order chi connectivity index (χ1) is 6.22. The van der Waals surface area contributed by atoms with Crippen LogP contribution >= 0.6 is 0 Å². The lowest BCUT2D eigenvalue weighted by molar-refractivity contribution is -0.0785.